The fourth-order valence-electron chi connectivity index (χ4n) is 5.61. The van der Waals surface area contributed by atoms with E-state index in [2.05, 4.69) is 57.2 Å². The molecular weight excluding hydrogens is 512 g/mol. The second-order valence-electron chi connectivity index (χ2n) is 12.8. The molecule has 0 spiro atoms. The molecule has 0 saturated heterocycles. The lowest BCUT2D eigenvalue weighted by Gasteiger charge is -2.42. The van der Waals surface area contributed by atoms with Gasteiger partial charge in [-0.2, -0.15) is 0 Å². The minimum absolute atomic E-state index is 0.00797. The molecule has 0 aromatic heterocycles. The van der Waals surface area contributed by atoms with Gasteiger partial charge < -0.3 is 15.3 Å². The molecule has 0 heterocycles. The second-order valence-corrected chi connectivity index (χ2v) is 12.8. The Balaban J connectivity index is 1.69. The summed E-state index contributed by atoms with van der Waals surface area (Å²) in [4.78, 5) is 30.4. The summed E-state index contributed by atoms with van der Waals surface area (Å²) in [6.07, 6.45) is 14.6. The van der Waals surface area contributed by atoms with Crippen LogP contribution in [0.4, 0.5) is 5.69 Å². The van der Waals surface area contributed by atoms with Gasteiger partial charge in [0.1, 0.15) is 6.61 Å². The molecule has 1 amide bonds. The number of benzene rings is 2. The van der Waals surface area contributed by atoms with Crippen molar-refractivity contribution < 1.29 is 19.5 Å². The molecule has 6 heteroatoms. The molecule has 1 aliphatic carbocycles. The zero-order valence-corrected chi connectivity index (χ0v) is 25.9. The Morgan fingerprint density at radius 2 is 1.32 bits per heavy atom. The maximum absolute atomic E-state index is 13.5. The van der Waals surface area contributed by atoms with Gasteiger partial charge in [-0.15, -0.1) is 0 Å². The highest BCUT2D eigenvalue weighted by Gasteiger charge is 2.37. The van der Waals surface area contributed by atoms with Gasteiger partial charge in [0.25, 0.3) is 5.91 Å². The molecular formula is C35H50N2O4. The van der Waals surface area contributed by atoms with E-state index in [0.29, 0.717) is 12.3 Å². The van der Waals surface area contributed by atoms with E-state index in [9.17, 15) is 14.7 Å². The zero-order chi connectivity index (χ0) is 29.9. The smallest absolute Gasteiger partial charge is 0.335 e. The first-order valence-corrected chi connectivity index (χ1v) is 15.6. The molecule has 0 bridgehead atoms. The Hall–Kier alpha value is -3.15. The van der Waals surface area contributed by atoms with Gasteiger partial charge >= 0.3 is 5.97 Å². The normalized spacial score (nSPS) is 15.7. The van der Waals surface area contributed by atoms with E-state index < -0.39 is 5.97 Å². The number of carboxylic acids is 1. The van der Waals surface area contributed by atoms with Crippen LogP contribution < -0.4 is 5.32 Å². The summed E-state index contributed by atoms with van der Waals surface area (Å²) in [5.74, 6) is -1.39. The number of aromatic carboxylic acids is 1. The highest BCUT2D eigenvalue weighted by atomic mass is 16.6. The quantitative estimate of drug-likeness (QED) is 0.121. The van der Waals surface area contributed by atoms with Gasteiger partial charge in [0.2, 0.25) is 0 Å². The molecule has 1 aliphatic rings. The average Bonchev–Trinajstić information content (AvgIpc) is 2.94. The van der Waals surface area contributed by atoms with E-state index in [1.54, 1.807) is 12.1 Å². The van der Waals surface area contributed by atoms with Crippen molar-refractivity contribution in [2.75, 3.05) is 11.9 Å². The van der Waals surface area contributed by atoms with Crippen LogP contribution in [0.1, 0.15) is 139 Å². The van der Waals surface area contributed by atoms with Gasteiger partial charge in [-0.3, -0.25) is 4.79 Å². The Labute approximate surface area is 247 Å². The van der Waals surface area contributed by atoms with Crippen LogP contribution in [0.3, 0.4) is 0 Å². The van der Waals surface area contributed by atoms with Crippen LogP contribution in [0.5, 0.6) is 0 Å². The standard InChI is InChI=1S/C35H50N2O4/c1-6-7-8-9-10-11-12-13-14-15-24-41-37-31(32(38)36-28-19-16-26(17-20-28)33(39)40)27-18-21-29-30(25-27)35(4,5)23-22-34(29,2)3/h16-21,25H,6-15,22-24H2,1-5H3,(H,36,38)(H,39,40)/b37-31-. The zero-order valence-electron chi connectivity index (χ0n) is 25.9. The fourth-order valence-corrected chi connectivity index (χ4v) is 5.61. The highest BCUT2D eigenvalue weighted by molar-refractivity contribution is 6.48. The summed E-state index contributed by atoms with van der Waals surface area (Å²) in [7, 11) is 0. The third-order valence-electron chi connectivity index (χ3n) is 8.48. The van der Waals surface area contributed by atoms with Crippen LogP contribution >= 0.6 is 0 Å². The number of amides is 1. The minimum atomic E-state index is -1.01. The molecule has 0 aliphatic heterocycles. The van der Waals surface area contributed by atoms with Crippen molar-refractivity contribution in [2.24, 2.45) is 5.16 Å². The molecule has 0 radical (unpaired) electrons. The second kappa shape index (κ2) is 15.2. The third kappa shape index (κ3) is 9.44. The van der Waals surface area contributed by atoms with Crippen LogP contribution in [-0.2, 0) is 20.5 Å². The van der Waals surface area contributed by atoms with Crippen molar-refractivity contribution >= 4 is 23.3 Å². The summed E-state index contributed by atoms with van der Waals surface area (Å²) in [5, 5.41) is 16.4. The van der Waals surface area contributed by atoms with Crippen molar-refractivity contribution in [1.29, 1.82) is 0 Å². The van der Waals surface area contributed by atoms with E-state index in [4.69, 9.17) is 4.84 Å². The molecule has 224 valence electrons. The number of fused-ring (bicyclic) bond motifs is 1. The lowest BCUT2D eigenvalue weighted by molar-refractivity contribution is -0.110. The molecule has 2 aromatic carbocycles. The Kier molecular flexibility index (Phi) is 12.0. The monoisotopic (exact) mass is 562 g/mol. The molecule has 6 nitrogen and oxygen atoms in total. The van der Waals surface area contributed by atoms with Crippen LogP contribution in [-0.4, -0.2) is 29.3 Å². The van der Waals surface area contributed by atoms with Gasteiger partial charge in [-0.25, -0.2) is 4.79 Å². The first kappa shape index (κ1) is 32.4. The number of hydrogen-bond acceptors (Lipinski definition) is 4. The summed E-state index contributed by atoms with van der Waals surface area (Å²) in [6.45, 7) is 11.8. The first-order chi connectivity index (χ1) is 19.5. The van der Waals surface area contributed by atoms with Gasteiger partial charge in [-0.1, -0.05) is 103 Å². The molecule has 0 fully saturated rings. The van der Waals surface area contributed by atoms with Crippen LogP contribution in [0, 0.1) is 0 Å². The van der Waals surface area contributed by atoms with E-state index in [1.165, 1.54) is 74.6 Å². The number of nitrogens with one attached hydrogen (secondary N) is 1. The molecule has 2 N–H and O–H groups in total. The first-order valence-electron chi connectivity index (χ1n) is 15.6. The number of rotatable bonds is 16. The van der Waals surface area contributed by atoms with Crippen molar-refractivity contribution in [2.45, 2.75) is 122 Å². The number of carbonyl (C=O) groups excluding carboxylic acids is 1. The average molecular weight is 563 g/mol. The van der Waals surface area contributed by atoms with Gasteiger partial charge in [0.05, 0.1) is 5.56 Å². The Morgan fingerprint density at radius 3 is 1.90 bits per heavy atom. The predicted octanol–water partition coefficient (Wildman–Crippen LogP) is 9.01. The van der Waals surface area contributed by atoms with Crippen molar-refractivity contribution in [1.82, 2.24) is 0 Å². The van der Waals surface area contributed by atoms with Gasteiger partial charge in [-0.05, 0) is 78.0 Å². The SMILES string of the molecule is CCCCCCCCCCCCO/N=C(\C(=O)Nc1ccc(C(=O)O)cc1)c1ccc2c(c1)C(C)(C)CCC2(C)C. The van der Waals surface area contributed by atoms with E-state index >= 15 is 0 Å². The largest absolute Gasteiger partial charge is 0.478 e. The maximum Gasteiger partial charge on any atom is 0.335 e. The number of oxime groups is 1. The Bertz CT molecular complexity index is 1180. The van der Waals surface area contributed by atoms with Gasteiger partial charge in [0, 0.05) is 11.3 Å². The predicted molar refractivity (Wildman–Crippen MR) is 168 cm³/mol. The van der Waals surface area contributed by atoms with E-state index in [0.717, 1.165) is 31.2 Å². The van der Waals surface area contributed by atoms with Crippen molar-refractivity contribution in [3.63, 3.8) is 0 Å². The number of unbranched alkanes of at least 4 members (excludes halogenated alkanes) is 9. The molecule has 0 saturated carbocycles. The molecule has 0 atom stereocenters. The fraction of sp³-hybridized carbons (Fsp3) is 0.571. The maximum atomic E-state index is 13.5. The van der Waals surface area contributed by atoms with E-state index in [1.807, 2.05) is 6.07 Å². The Morgan fingerprint density at radius 1 is 0.780 bits per heavy atom. The molecule has 2 aromatic rings. The number of carboxylic acid groups (broad SMARTS) is 1. The van der Waals surface area contributed by atoms with Crippen LogP contribution in [0.15, 0.2) is 47.6 Å². The lowest BCUT2D eigenvalue weighted by atomic mass is 9.63. The van der Waals surface area contributed by atoms with Crippen LogP contribution in [0.25, 0.3) is 0 Å². The minimum Gasteiger partial charge on any atom is -0.478 e. The lowest BCUT2D eigenvalue weighted by Crippen LogP contribution is -2.34. The number of carbonyl (C=O) groups is 2. The summed E-state index contributed by atoms with van der Waals surface area (Å²) in [5.41, 5.74) is 4.23. The van der Waals surface area contributed by atoms with Crippen molar-refractivity contribution in [3.8, 4) is 0 Å². The molecule has 0 unspecified atom stereocenters. The van der Waals surface area contributed by atoms with Crippen molar-refractivity contribution in [3.05, 3.63) is 64.7 Å². The van der Waals surface area contributed by atoms with Crippen LogP contribution in [0.2, 0.25) is 0 Å². The summed E-state index contributed by atoms with van der Waals surface area (Å²) >= 11 is 0. The molecule has 41 heavy (non-hydrogen) atoms. The summed E-state index contributed by atoms with van der Waals surface area (Å²) < 4.78 is 0. The third-order valence-corrected chi connectivity index (χ3v) is 8.48. The number of anilines is 1. The van der Waals surface area contributed by atoms with Gasteiger partial charge in [0.15, 0.2) is 5.71 Å². The van der Waals surface area contributed by atoms with E-state index in [-0.39, 0.29) is 28.0 Å². The summed E-state index contributed by atoms with van der Waals surface area (Å²) in [6, 6.07) is 12.3. The molecule has 3 rings (SSSR count). The topological polar surface area (TPSA) is 88.0 Å². The highest BCUT2D eigenvalue weighted by Crippen LogP contribution is 2.46. The number of nitrogens with zero attached hydrogens (tertiary/aromatic N) is 1. The number of hydrogen-bond donors (Lipinski definition) is 2.